The van der Waals surface area contributed by atoms with Crippen molar-refractivity contribution in [2.45, 2.75) is 38.8 Å². The highest BCUT2D eigenvalue weighted by Gasteiger charge is 2.23. The smallest absolute Gasteiger partial charge is 0.0837 e. The van der Waals surface area contributed by atoms with Gasteiger partial charge in [0.2, 0.25) is 0 Å². The predicted molar refractivity (Wildman–Crippen MR) is 78.0 cm³/mol. The second kappa shape index (κ2) is 5.42. The van der Waals surface area contributed by atoms with Crippen molar-refractivity contribution < 1.29 is 4.74 Å². The third kappa shape index (κ3) is 2.27. The molecule has 5 heteroatoms. The zero-order valence-corrected chi connectivity index (χ0v) is 12.2. The summed E-state index contributed by atoms with van der Waals surface area (Å²) in [6.07, 6.45) is 7.34. The van der Waals surface area contributed by atoms with E-state index in [9.17, 15) is 0 Å². The summed E-state index contributed by atoms with van der Waals surface area (Å²) in [7, 11) is 1.71. The van der Waals surface area contributed by atoms with Crippen molar-refractivity contribution in [3.63, 3.8) is 0 Å². The first-order valence-corrected chi connectivity index (χ1v) is 7.19. The SMILES string of the molecule is COCCn1cc(-n2c(C)cc3c2CCCC3N)cn1. The number of hydrogen-bond donors (Lipinski definition) is 1. The Morgan fingerprint density at radius 3 is 3.15 bits per heavy atom. The van der Waals surface area contributed by atoms with Gasteiger partial charge < -0.3 is 15.0 Å². The van der Waals surface area contributed by atoms with Crippen LogP contribution in [0.15, 0.2) is 18.5 Å². The molecule has 2 N–H and O–H groups in total. The van der Waals surface area contributed by atoms with Crippen LogP contribution in [0.25, 0.3) is 5.69 Å². The number of nitrogens with two attached hydrogens (primary N) is 1. The van der Waals surface area contributed by atoms with Crippen LogP contribution >= 0.6 is 0 Å². The Hall–Kier alpha value is -1.59. The van der Waals surface area contributed by atoms with Crippen molar-refractivity contribution in [3.05, 3.63) is 35.4 Å². The van der Waals surface area contributed by atoms with E-state index in [-0.39, 0.29) is 6.04 Å². The van der Waals surface area contributed by atoms with Crippen molar-refractivity contribution >= 4 is 0 Å². The first kappa shape index (κ1) is 13.4. The maximum atomic E-state index is 6.23. The van der Waals surface area contributed by atoms with E-state index in [0.717, 1.165) is 31.5 Å². The summed E-state index contributed by atoms with van der Waals surface area (Å²) in [4.78, 5) is 0. The molecule has 0 bridgehead atoms. The summed E-state index contributed by atoms with van der Waals surface area (Å²) < 4.78 is 9.31. The molecule has 0 aliphatic heterocycles. The minimum Gasteiger partial charge on any atom is -0.383 e. The zero-order valence-electron chi connectivity index (χ0n) is 12.2. The third-order valence-corrected chi connectivity index (χ3v) is 4.05. The molecular formula is C15H22N4O. The van der Waals surface area contributed by atoms with Crippen LogP contribution in [0.3, 0.4) is 0 Å². The van der Waals surface area contributed by atoms with Gasteiger partial charge in [0.1, 0.15) is 0 Å². The van der Waals surface area contributed by atoms with Gasteiger partial charge >= 0.3 is 0 Å². The first-order chi connectivity index (χ1) is 9.70. The molecule has 0 saturated carbocycles. The Morgan fingerprint density at radius 2 is 2.35 bits per heavy atom. The van der Waals surface area contributed by atoms with E-state index in [2.05, 4.69) is 28.9 Å². The molecule has 0 amide bonds. The van der Waals surface area contributed by atoms with Gasteiger partial charge in [-0.15, -0.1) is 0 Å². The standard InChI is InChI=1S/C15H22N4O/c1-11-8-13-14(16)4-3-5-15(13)19(11)12-9-17-18(10-12)6-7-20-2/h8-10,14H,3-7,16H2,1-2H3. The number of fused-ring (bicyclic) bond motifs is 1. The van der Waals surface area contributed by atoms with Gasteiger partial charge in [-0.3, -0.25) is 4.68 Å². The minimum absolute atomic E-state index is 0.183. The number of aryl methyl sites for hydroxylation is 1. The molecule has 1 unspecified atom stereocenters. The lowest BCUT2D eigenvalue weighted by atomic mass is 9.93. The quantitative estimate of drug-likeness (QED) is 0.927. The highest BCUT2D eigenvalue weighted by molar-refractivity contribution is 5.41. The van der Waals surface area contributed by atoms with E-state index in [1.165, 1.54) is 17.0 Å². The summed E-state index contributed by atoms with van der Waals surface area (Å²) >= 11 is 0. The fraction of sp³-hybridized carbons (Fsp3) is 0.533. The minimum atomic E-state index is 0.183. The van der Waals surface area contributed by atoms with Crippen LogP contribution < -0.4 is 5.73 Å². The molecule has 20 heavy (non-hydrogen) atoms. The van der Waals surface area contributed by atoms with Gasteiger partial charge in [0.05, 0.1) is 25.0 Å². The van der Waals surface area contributed by atoms with Crippen molar-refractivity contribution in [1.29, 1.82) is 0 Å². The number of ether oxygens (including phenoxy) is 1. The molecule has 1 aliphatic rings. The number of hydrogen-bond acceptors (Lipinski definition) is 3. The van der Waals surface area contributed by atoms with Crippen LogP contribution in [0.4, 0.5) is 0 Å². The normalized spacial score (nSPS) is 18.2. The molecule has 1 atom stereocenters. The third-order valence-electron chi connectivity index (χ3n) is 4.05. The fourth-order valence-electron chi connectivity index (χ4n) is 3.07. The molecule has 0 saturated heterocycles. The van der Waals surface area contributed by atoms with Crippen LogP contribution in [0.2, 0.25) is 0 Å². The molecule has 2 heterocycles. The topological polar surface area (TPSA) is 58.0 Å². The molecule has 2 aromatic heterocycles. The lowest BCUT2D eigenvalue weighted by molar-refractivity contribution is 0.183. The lowest BCUT2D eigenvalue weighted by Gasteiger charge is -2.20. The first-order valence-electron chi connectivity index (χ1n) is 7.19. The average Bonchev–Trinajstić information content (AvgIpc) is 3.01. The van der Waals surface area contributed by atoms with Crippen molar-refractivity contribution in [3.8, 4) is 5.69 Å². The van der Waals surface area contributed by atoms with Gasteiger partial charge in [0.15, 0.2) is 0 Å². The predicted octanol–water partition coefficient (Wildman–Crippen LogP) is 1.96. The Kier molecular flexibility index (Phi) is 3.63. The van der Waals surface area contributed by atoms with E-state index in [1.807, 2.05) is 10.9 Å². The van der Waals surface area contributed by atoms with Crippen LogP contribution in [0.1, 0.15) is 35.8 Å². The van der Waals surface area contributed by atoms with Gasteiger partial charge in [0, 0.05) is 30.7 Å². The summed E-state index contributed by atoms with van der Waals surface area (Å²) in [5.41, 5.74) is 11.2. The lowest BCUT2D eigenvalue weighted by Crippen LogP contribution is -2.17. The summed E-state index contributed by atoms with van der Waals surface area (Å²) in [5, 5.41) is 4.40. The molecular weight excluding hydrogens is 252 g/mol. The fourth-order valence-corrected chi connectivity index (χ4v) is 3.07. The van der Waals surface area contributed by atoms with Crippen molar-refractivity contribution in [2.75, 3.05) is 13.7 Å². The largest absolute Gasteiger partial charge is 0.383 e. The van der Waals surface area contributed by atoms with E-state index >= 15 is 0 Å². The van der Waals surface area contributed by atoms with Crippen LogP contribution in [-0.2, 0) is 17.7 Å². The summed E-state index contributed by atoms with van der Waals surface area (Å²) in [6.45, 7) is 3.59. The molecule has 0 fully saturated rings. The Bertz CT molecular complexity index is 599. The number of aromatic nitrogens is 3. The zero-order chi connectivity index (χ0) is 14.1. The summed E-state index contributed by atoms with van der Waals surface area (Å²) in [6, 6.07) is 2.41. The van der Waals surface area contributed by atoms with Gasteiger partial charge in [-0.1, -0.05) is 0 Å². The van der Waals surface area contributed by atoms with Crippen LogP contribution in [-0.4, -0.2) is 28.1 Å². The molecule has 5 nitrogen and oxygen atoms in total. The highest BCUT2D eigenvalue weighted by atomic mass is 16.5. The van der Waals surface area contributed by atoms with Gasteiger partial charge in [0.25, 0.3) is 0 Å². The number of methoxy groups -OCH3 is 1. The Morgan fingerprint density at radius 1 is 1.50 bits per heavy atom. The van der Waals surface area contributed by atoms with Gasteiger partial charge in [-0.2, -0.15) is 5.10 Å². The molecule has 0 aromatic carbocycles. The van der Waals surface area contributed by atoms with Gasteiger partial charge in [-0.25, -0.2) is 0 Å². The van der Waals surface area contributed by atoms with E-state index in [0.29, 0.717) is 6.61 Å². The maximum absolute atomic E-state index is 6.23. The second-order valence-corrected chi connectivity index (χ2v) is 5.48. The Labute approximate surface area is 119 Å². The maximum Gasteiger partial charge on any atom is 0.0837 e. The molecule has 0 spiro atoms. The molecule has 0 radical (unpaired) electrons. The molecule has 1 aliphatic carbocycles. The highest BCUT2D eigenvalue weighted by Crippen LogP contribution is 2.32. The number of rotatable bonds is 4. The molecule has 108 valence electrons. The monoisotopic (exact) mass is 274 g/mol. The molecule has 2 aromatic rings. The average molecular weight is 274 g/mol. The van der Waals surface area contributed by atoms with E-state index < -0.39 is 0 Å². The van der Waals surface area contributed by atoms with Crippen molar-refractivity contribution in [2.24, 2.45) is 5.73 Å². The van der Waals surface area contributed by atoms with Gasteiger partial charge in [-0.05, 0) is 37.8 Å². The van der Waals surface area contributed by atoms with E-state index in [4.69, 9.17) is 10.5 Å². The van der Waals surface area contributed by atoms with Crippen LogP contribution in [0.5, 0.6) is 0 Å². The Balaban J connectivity index is 1.96. The number of nitrogens with zero attached hydrogens (tertiary/aromatic N) is 3. The summed E-state index contributed by atoms with van der Waals surface area (Å²) in [5.74, 6) is 0. The van der Waals surface area contributed by atoms with E-state index in [1.54, 1.807) is 7.11 Å². The molecule has 3 rings (SSSR count). The second-order valence-electron chi connectivity index (χ2n) is 5.48. The van der Waals surface area contributed by atoms with Crippen molar-refractivity contribution in [1.82, 2.24) is 14.3 Å². The van der Waals surface area contributed by atoms with Crippen LogP contribution in [0, 0.1) is 6.92 Å².